The highest BCUT2D eigenvalue weighted by Gasteiger charge is 2.22. The van der Waals surface area contributed by atoms with Crippen LogP contribution in [0.25, 0.3) is 0 Å². The lowest BCUT2D eigenvalue weighted by Gasteiger charge is -2.23. The first-order valence-corrected chi connectivity index (χ1v) is 6.57. The molecule has 0 aliphatic carbocycles. The minimum absolute atomic E-state index is 0.0463. The van der Waals surface area contributed by atoms with Crippen molar-refractivity contribution in [3.05, 3.63) is 47.8 Å². The third-order valence-electron chi connectivity index (χ3n) is 3.30. The Balaban J connectivity index is 2.16. The number of nitrogens with zero attached hydrogens (tertiary/aromatic N) is 4. The first-order valence-electron chi connectivity index (χ1n) is 6.57. The second-order valence-electron chi connectivity index (χ2n) is 5.79. The van der Waals surface area contributed by atoms with Gasteiger partial charge in [-0.15, -0.1) is 0 Å². The van der Waals surface area contributed by atoms with Crippen molar-refractivity contribution < 1.29 is 0 Å². The summed E-state index contributed by atoms with van der Waals surface area (Å²) in [6, 6.07) is 4.12. The highest BCUT2D eigenvalue weighted by Crippen LogP contribution is 2.25. The van der Waals surface area contributed by atoms with Gasteiger partial charge in [0.05, 0.1) is 11.4 Å². The molecule has 0 N–H and O–H groups in total. The van der Waals surface area contributed by atoms with Crippen LogP contribution >= 0.6 is 0 Å². The van der Waals surface area contributed by atoms with Crippen LogP contribution in [0.2, 0.25) is 0 Å². The maximum Gasteiger partial charge on any atom is 0.115 e. The summed E-state index contributed by atoms with van der Waals surface area (Å²) < 4.78 is 0. The van der Waals surface area contributed by atoms with E-state index in [2.05, 4.69) is 60.0 Å². The first kappa shape index (κ1) is 13.6. The van der Waals surface area contributed by atoms with Crippen LogP contribution in [0, 0.1) is 0 Å². The minimum Gasteiger partial charge on any atom is -0.245 e. The van der Waals surface area contributed by atoms with Crippen LogP contribution in [0.5, 0.6) is 0 Å². The van der Waals surface area contributed by atoms with Crippen LogP contribution in [-0.2, 0) is 11.8 Å². The van der Waals surface area contributed by atoms with E-state index in [4.69, 9.17) is 0 Å². The average Bonchev–Trinajstić information content (AvgIpc) is 2.40. The van der Waals surface area contributed by atoms with E-state index in [0.29, 0.717) is 5.92 Å². The van der Waals surface area contributed by atoms with E-state index in [1.165, 1.54) is 0 Å². The molecule has 0 unspecified atom stereocenters. The second-order valence-corrected chi connectivity index (χ2v) is 5.79. The van der Waals surface area contributed by atoms with Crippen LogP contribution in [-0.4, -0.2) is 20.2 Å². The van der Waals surface area contributed by atoms with E-state index in [-0.39, 0.29) is 5.41 Å². The van der Waals surface area contributed by atoms with Gasteiger partial charge in [0.2, 0.25) is 0 Å². The third kappa shape index (κ3) is 3.34. The number of rotatable bonds is 4. The molecule has 2 aromatic heterocycles. The lowest BCUT2D eigenvalue weighted by atomic mass is 9.82. The van der Waals surface area contributed by atoms with Crippen molar-refractivity contribution in [1.82, 2.24) is 20.2 Å². The molecule has 2 rings (SSSR count). The van der Waals surface area contributed by atoms with Crippen molar-refractivity contribution in [3.63, 3.8) is 0 Å². The molecule has 0 saturated heterocycles. The number of aromatic nitrogens is 4. The van der Waals surface area contributed by atoms with Crippen LogP contribution in [0.1, 0.15) is 50.6 Å². The van der Waals surface area contributed by atoms with E-state index in [0.717, 1.165) is 23.4 Å². The topological polar surface area (TPSA) is 51.6 Å². The van der Waals surface area contributed by atoms with Gasteiger partial charge in [0, 0.05) is 18.8 Å². The Hall–Kier alpha value is -1.84. The maximum atomic E-state index is 4.32. The minimum atomic E-state index is -0.0463. The molecule has 4 heteroatoms. The standard InChI is InChI=1S/C15H20N4/c1-11(2)14-6-5-13(18-19-14)7-15(3,4)12-8-16-10-17-9-12/h5-6,8-11H,7H2,1-4H3. The summed E-state index contributed by atoms with van der Waals surface area (Å²) in [5.74, 6) is 0.414. The quantitative estimate of drug-likeness (QED) is 0.844. The molecule has 19 heavy (non-hydrogen) atoms. The van der Waals surface area contributed by atoms with Crippen molar-refractivity contribution in [2.24, 2.45) is 0 Å². The maximum absolute atomic E-state index is 4.32. The zero-order chi connectivity index (χ0) is 13.9. The van der Waals surface area contributed by atoms with Crippen molar-refractivity contribution in [2.45, 2.75) is 45.4 Å². The normalized spacial score (nSPS) is 11.8. The fourth-order valence-corrected chi connectivity index (χ4v) is 1.98. The third-order valence-corrected chi connectivity index (χ3v) is 3.30. The van der Waals surface area contributed by atoms with Crippen molar-refractivity contribution in [1.29, 1.82) is 0 Å². The Labute approximate surface area is 114 Å². The predicted octanol–water partition coefficient (Wildman–Crippen LogP) is 2.91. The zero-order valence-electron chi connectivity index (χ0n) is 12.0. The van der Waals surface area contributed by atoms with Crippen molar-refractivity contribution >= 4 is 0 Å². The fraction of sp³-hybridized carbons (Fsp3) is 0.467. The van der Waals surface area contributed by atoms with Gasteiger partial charge >= 0.3 is 0 Å². The smallest absolute Gasteiger partial charge is 0.115 e. The lowest BCUT2D eigenvalue weighted by Crippen LogP contribution is -2.22. The molecule has 0 bridgehead atoms. The summed E-state index contributed by atoms with van der Waals surface area (Å²) in [5.41, 5.74) is 3.10. The monoisotopic (exact) mass is 256 g/mol. The van der Waals surface area contributed by atoms with Gasteiger partial charge < -0.3 is 0 Å². The van der Waals surface area contributed by atoms with E-state index in [9.17, 15) is 0 Å². The molecule has 0 saturated carbocycles. The first-order chi connectivity index (χ1) is 8.99. The summed E-state index contributed by atoms with van der Waals surface area (Å²) in [6.07, 6.45) is 6.11. The molecule has 0 aliphatic heterocycles. The average molecular weight is 256 g/mol. The Morgan fingerprint density at radius 3 is 2.26 bits per heavy atom. The molecule has 0 fully saturated rings. The SMILES string of the molecule is CC(C)c1ccc(CC(C)(C)c2cncnc2)nn1. The van der Waals surface area contributed by atoms with Gasteiger partial charge in [0.1, 0.15) is 6.33 Å². The van der Waals surface area contributed by atoms with Crippen molar-refractivity contribution in [2.75, 3.05) is 0 Å². The van der Waals surface area contributed by atoms with E-state index in [1.54, 1.807) is 6.33 Å². The van der Waals surface area contributed by atoms with Gasteiger partial charge in [-0.3, -0.25) is 0 Å². The molecule has 0 atom stereocenters. The molecule has 0 spiro atoms. The second kappa shape index (κ2) is 5.43. The summed E-state index contributed by atoms with van der Waals surface area (Å²) in [5, 5.41) is 8.59. The van der Waals surface area contributed by atoms with Gasteiger partial charge in [-0.25, -0.2) is 9.97 Å². The van der Waals surface area contributed by atoms with Gasteiger partial charge in [-0.2, -0.15) is 10.2 Å². The highest BCUT2D eigenvalue weighted by atomic mass is 15.1. The summed E-state index contributed by atoms with van der Waals surface area (Å²) >= 11 is 0. The molecule has 100 valence electrons. The fourth-order valence-electron chi connectivity index (χ4n) is 1.98. The molecule has 0 aromatic carbocycles. The lowest BCUT2D eigenvalue weighted by molar-refractivity contribution is 0.506. The summed E-state index contributed by atoms with van der Waals surface area (Å²) in [7, 11) is 0. The van der Waals surface area contributed by atoms with Crippen LogP contribution in [0.3, 0.4) is 0 Å². The highest BCUT2D eigenvalue weighted by molar-refractivity contribution is 5.20. The van der Waals surface area contributed by atoms with Crippen LogP contribution < -0.4 is 0 Å². The van der Waals surface area contributed by atoms with Gasteiger partial charge in [-0.05, 0) is 29.0 Å². The molecule has 0 radical (unpaired) electrons. The van der Waals surface area contributed by atoms with E-state index in [1.807, 2.05) is 12.4 Å². The Morgan fingerprint density at radius 1 is 1.05 bits per heavy atom. The molecule has 4 nitrogen and oxygen atoms in total. The van der Waals surface area contributed by atoms with Gasteiger partial charge in [-0.1, -0.05) is 27.7 Å². The molecule has 0 aliphatic rings. The summed E-state index contributed by atoms with van der Waals surface area (Å²) in [6.45, 7) is 8.58. The predicted molar refractivity (Wildman–Crippen MR) is 74.9 cm³/mol. The largest absolute Gasteiger partial charge is 0.245 e. The van der Waals surface area contributed by atoms with Gasteiger partial charge in [0.15, 0.2) is 0 Å². The van der Waals surface area contributed by atoms with E-state index < -0.39 is 0 Å². The molecule has 2 heterocycles. The van der Waals surface area contributed by atoms with Crippen LogP contribution in [0.4, 0.5) is 0 Å². The van der Waals surface area contributed by atoms with Crippen LogP contribution in [0.15, 0.2) is 30.9 Å². The Kier molecular flexibility index (Phi) is 3.88. The Morgan fingerprint density at radius 2 is 1.74 bits per heavy atom. The van der Waals surface area contributed by atoms with Crippen molar-refractivity contribution in [3.8, 4) is 0 Å². The molecule has 0 amide bonds. The number of hydrogen-bond acceptors (Lipinski definition) is 4. The number of hydrogen-bond donors (Lipinski definition) is 0. The van der Waals surface area contributed by atoms with Gasteiger partial charge in [0.25, 0.3) is 0 Å². The summed E-state index contributed by atoms with van der Waals surface area (Å²) in [4.78, 5) is 8.17. The molecular weight excluding hydrogens is 236 g/mol. The molecule has 2 aromatic rings. The Bertz CT molecular complexity index is 518. The zero-order valence-corrected chi connectivity index (χ0v) is 12.0. The van der Waals surface area contributed by atoms with E-state index >= 15 is 0 Å². The molecular formula is C15H20N4.